The Labute approximate surface area is 128 Å². The number of nitrogens with two attached hydrogens (primary N) is 1. The van der Waals surface area contributed by atoms with Crippen molar-refractivity contribution in [3.05, 3.63) is 55.2 Å². The van der Waals surface area contributed by atoms with E-state index >= 15 is 0 Å². The van der Waals surface area contributed by atoms with Gasteiger partial charge in [0.1, 0.15) is 12.4 Å². The van der Waals surface area contributed by atoms with Gasteiger partial charge < -0.3 is 4.74 Å². The molecule has 0 atom stereocenters. The number of nitro benzene ring substituents is 1. The monoisotopic (exact) mass is 327 g/mol. The number of hydrogen-bond donors (Lipinski definition) is 2. The maximum atomic E-state index is 11.3. The van der Waals surface area contributed by atoms with Crippen molar-refractivity contribution in [2.75, 3.05) is 0 Å². The molecule has 1 heterocycles. The minimum atomic E-state index is -0.530. The minimum absolute atomic E-state index is 0.108. The average Bonchev–Trinajstić information content (AvgIpc) is 2.94. The molecule has 0 spiro atoms. The first-order valence-electron chi connectivity index (χ1n) is 5.67. The number of nitro groups is 1. The van der Waals surface area contributed by atoms with Crippen LogP contribution in [0.4, 0.5) is 5.69 Å². The number of carbonyl (C=O) groups is 1. The molecule has 0 unspecified atom stereocenters. The van der Waals surface area contributed by atoms with Crippen LogP contribution in [0.1, 0.15) is 14.5 Å². The Morgan fingerprint density at radius 1 is 1.43 bits per heavy atom. The van der Waals surface area contributed by atoms with Crippen LogP contribution in [0.2, 0.25) is 5.02 Å². The molecule has 0 bridgehead atoms. The molecule has 110 valence electrons. The van der Waals surface area contributed by atoms with Gasteiger partial charge in [0.15, 0.2) is 0 Å². The number of non-ortho nitro benzene ring substituents is 1. The highest BCUT2D eigenvalue weighted by molar-refractivity contribution is 7.14. The third kappa shape index (κ3) is 3.69. The van der Waals surface area contributed by atoms with Gasteiger partial charge in [0.05, 0.1) is 20.9 Å². The number of halogens is 1. The predicted octanol–water partition coefficient (Wildman–Crippen LogP) is 2.49. The molecular formula is C12H10ClN3O4S. The normalized spacial score (nSPS) is 10.2. The summed E-state index contributed by atoms with van der Waals surface area (Å²) in [5.41, 5.74) is 1.92. The van der Waals surface area contributed by atoms with E-state index in [4.69, 9.17) is 22.2 Å². The summed E-state index contributed by atoms with van der Waals surface area (Å²) >= 11 is 7.13. The van der Waals surface area contributed by atoms with Gasteiger partial charge in [-0.25, -0.2) is 5.84 Å². The smallest absolute Gasteiger partial charge is 0.275 e. The topological polar surface area (TPSA) is 107 Å². The first-order valence-corrected chi connectivity index (χ1v) is 6.87. The number of hydrogen-bond acceptors (Lipinski definition) is 6. The fourth-order valence-electron chi connectivity index (χ4n) is 1.51. The molecule has 0 aliphatic carbocycles. The van der Waals surface area contributed by atoms with E-state index in [0.29, 0.717) is 4.88 Å². The number of hydrazine groups is 1. The number of nitrogen functional groups attached to an aromatic ring is 1. The van der Waals surface area contributed by atoms with E-state index in [2.05, 4.69) is 0 Å². The van der Waals surface area contributed by atoms with Crippen molar-refractivity contribution in [2.45, 2.75) is 6.61 Å². The molecule has 2 rings (SSSR count). The van der Waals surface area contributed by atoms with E-state index < -0.39 is 4.92 Å². The van der Waals surface area contributed by atoms with Crippen molar-refractivity contribution < 1.29 is 14.5 Å². The maximum absolute atomic E-state index is 11.3. The highest BCUT2D eigenvalue weighted by Gasteiger charge is 2.12. The Morgan fingerprint density at radius 3 is 2.86 bits per heavy atom. The van der Waals surface area contributed by atoms with Crippen LogP contribution >= 0.6 is 22.9 Å². The van der Waals surface area contributed by atoms with Crippen molar-refractivity contribution in [2.24, 2.45) is 5.84 Å². The average molecular weight is 328 g/mol. The number of nitrogens with zero attached hydrogens (tertiary/aromatic N) is 1. The van der Waals surface area contributed by atoms with Crippen LogP contribution in [0.3, 0.4) is 0 Å². The van der Waals surface area contributed by atoms with Gasteiger partial charge in [-0.1, -0.05) is 11.6 Å². The molecule has 0 aliphatic rings. The molecular weight excluding hydrogens is 318 g/mol. The molecule has 21 heavy (non-hydrogen) atoms. The van der Waals surface area contributed by atoms with Crippen LogP contribution in [-0.2, 0) is 6.61 Å². The van der Waals surface area contributed by atoms with Gasteiger partial charge in [-0.2, -0.15) is 0 Å². The molecule has 0 fully saturated rings. The Bertz CT molecular complexity index is 689. The summed E-state index contributed by atoms with van der Waals surface area (Å²) in [4.78, 5) is 22.7. The highest BCUT2D eigenvalue weighted by Crippen LogP contribution is 2.30. The Morgan fingerprint density at radius 2 is 2.19 bits per heavy atom. The summed E-state index contributed by atoms with van der Waals surface area (Å²) in [7, 11) is 0. The van der Waals surface area contributed by atoms with Gasteiger partial charge in [-0.3, -0.25) is 20.3 Å². The Balaban J connectivity index is 2.09. The van der Waals surface area contributed by atoms with Crippen molar-refractivity contribution in [3.63, 3.8) is 0 Å². The number of amides is 1. The first kappa shape index (κ1) is 15.2. The van der Waals surface area contributed by atoms with Gasteiger partial charge in [0.2, 0.25) is 0 Å². The predicted molar refractivity (Wildman–Crippen MR) is 78.4 cm³/mol. The van der Waals surface area contributed by atoms with Crippen LogP contribution in [0, 0.1) is 10.1 Å². The van der Waals surface area contributed by atoms with E-state index in [1.54, 1.807) is 12.1 Å². The quantitative estimate of drug-likeness (QED) is 0.379. The molecule has 0 aliphatic heterocycles. The van der Waals surface area contributed by atoms with Crippen LogP contribution in [0.25, 0.3) is 0 Å². The minimum Gasteiger partial charge on any atom is -0.486 e. The number of nitrogens with one attached hydrogen (secondary N) is 1. The largest absolute Gasteiger partial charge is 0.486 e. The van der Waals surface area contributed by atoms with Crippen molar-refractivity contribution in [3.8, 4) is 5.75 Å². The molecule has 1 aromatic heterocycles. The van der Waals surface area contributed by atoms with Crippen LogP contribution < -0.4 is 16.0 Å². The second-order valence-corrected chi connectivity index (χ2v) is 5.48. The van der Waals surface area contributed by atoms with Gasteiger partial charge in [-0.15, -0.1) is 11.3 Å². The molecule has 0 saturated heterocycles. The van der Waals surface area contributed by atoms with E-state index in [1.807, 2.05) is 5.43 Å². The number of carbonyl (C=O) groups excluding carboxylic acids is 1. The van der Waals surface area contributed by atoms with Crippen molar-refractivity contribution in [1.82, 2.24) is 5.43 Å². The zero-order chi connectivity index (χ0) is 15.4. The number of thiophene rings is 1. The lowest BCUT2D eigenvalue weighted by atomic mass is 10.3. The maximum Gasteiger partial charge on any atom is 0.275 e. The van der Waals surface area contributed by atoms with Crippen LogP contribution in [0.5, 0.6) is 5.75 Å². The van der Waals surface area contributed by atoms with E-state index in [9.17, 15) is 14.9 Å². The molecule has 0 radical (unpaired) electrons. The summed E-state index contributed by atoms with van der Waals surface area (Å²) in [6.45, 7) is 0.142. The zero-order valence-corrected chi connectivity index (χ0v) is 12.1. The molecule has 9 heteroatoms. The van der Waals surface area contributed by atoms with E-state index in [1.165, 1.54) is 29.5 Å². The van der Waals surface area contributed by atoms with Gasteiger partial charge in [0.25, 0.3) is 11.6 Å². The molecule has 3 N–H and O–H groups in total. The second kappa shape index (κ2) is 6.53. The third-order valence-corrected chi connectivity index (χ3v) is 3.88. The van der Waals surface area contributed by atoms with Gasteiger partial charge in [0, 0.05) is 10.9 Å². The summed E-state index contributed by atoms with van der Waals surface area (Å²) in [6, 6.07) is 7.27. The molecule has 1 aromatic carbocycles. The van der Waals surface area contributed by atoms with Crippen molar-refractivity contribution in [1.29, 1.82) is 0 Å². The number of rotatable bonds is 5. The van der Waals surface area contributed by atoms with Crippen LogP contribution in [0.15, 0.2) is 30.3 Å². The molecule has 2 aromatic rings. The highest BCUT2D eigenvalue weighted by atomic mass is 35.5. The molecule has 1 amide bonds. The lowest BCUT2D eigenvalue weighted by molar-refractivity contribution is -0.384. The van der Waals surface area contributed by atoms with E-state index in [0.717, 1.165) is 4.88 Å². The van der Waals surface area contributed by atoms with Gasteiger partial charge >= 0.3 is 0 Å². The lowest BCUT2D eigenvalue weighted by Crippen LogP contribution is -2.29. The third-order valence-electron chi connectivity index (χ3n) is 2.51. The Kier molecular flexibility index (Phi) is 4.73. The first-order chi connectivity index (χ1) is 10.0. The fourth-order valence-corrected chi connectivity index (χ4v) is 2.51. The van der Waals surface area contributed by atoms with Gasteiger partial charge in [-0.05, 0) is 18.2 Å². The van der Waals surface area contributed by atoms with E-state index in [-0.39, 0.29) is 29.0 Å². The molecule has 7 nitrogen and oxygen atoms in total. The SMILES string of the molecule is NNC(=O)c1ccc(COc2cc([N+](=O)[O-])ccc2Cl)s1. The number of ether oxygens (including phenoxy) is 1. The molecule has 0 saturated carbocycles. The second-order valence-electron chi connectivity index (χ2n) is 3.90. The summed E-state index contributed by atoms with van der Waals surface area (Å²) in [5, 5.41) is 11.0. The summed E-state index contributed by atoms with van der Waals surface area (Å²) in [6.07, 6.45) is 0. The number of benzene rings is 1. The summed E-state index contributed by atoms with van der Waals surface area (Å²) < 4.78 is 5.45. The standard InChI is InChI=1S/C12H10ClN3O4S/c13-9-3-1-7(16(18)19)5-10(9)20-6-8-2-4-11(21-8)12(17)15-14/h1-5H,6,14H2,(H,15,17). The zero-order valence-electron chi connectivity index (χ0n) is 10.5. The lowest BCUT2D eigenvalue weighted by Gasteiger charge is -2.06. The Hall–Kier alpha value is -2.16. The fraction of sp³-hybridized carbons (Fsp3) is 0.0833. The summed E-state index contributed by atoms with van der Waals surface area (Å²) in [5.74, 6) is 4.86. The van der Waals surface area contributed by atoms with Crippen molar-refractivity contribution >= 4 is 34.5 Å². The van der Waals surface area contributed by atoms with Crippen LogP contribution in [-0.4, -0.2) is 10.8 Å².